The number of fused-ring (bicyclic) bond motifs is 5. The molecule has 106 valence electrons. The van der Waals surface area contributed by atoms with Crippen molar-refractivity contribution in [2.75, 3.05) is 0 Å². The molecule has 0 N–H and O–H groups in total. The molecular weight excluding hydrogens is 290 g/mol. The van der Waals surface area contributed by atoms with E-state index < -0.39 is 0 Å². The van der Waals surface area contributed by atoms with Crippen LogP contribution in [-0.2, 0) is 7.05 Å². The molecule has 3 aromatic heterocycles. The van der Waals surface area contributed by atoms with Gasteiger partial charge in [0.25, 0.3) is 0 Å². The number of imidazole rings is 1. The molecule has 0 amide bonds. The fraction of sp³-hybridized carbons (Fsp3) is 0.0625. The van der Waals surface area contributed by atoms with E-state index in [0.717, 1.165) is 11.0 Å². The Morgan fingerprint density at radius 1 is 0.913 bits per heavy atom. The van der Waals surface area contributed by atoms with Crippen molar-refractivity contribution in [1.82, 2.24) is 18.9 Å². The lowest BCUT2D eigenvalue weighted by molar-refractivity contribution is 0.992. The Kier molecular flexibility index (Phi) is 2.40. The van der Waals surface area contributed by atoms with E-state index >= 15 is 0 Å². The van der Waals surface area contributed by atoms with Gasteiger partial charge in [-0.1, -0.05) is 12.1 Å². The number of aryl methyl sites for hydroxylation is 1. The van der Waals surface area contributed by atoms with Gasteiger partial charge >= 0.3 is 0 Å². The van der Waals surface area contributed by atoms with Crippen LogP contribution < -0.4 is 0 Å². The Morgan fingerprint density at radius 3 is 2.22 bits per heavy atom. The monoisotopic (exact) mass is 297 g/mol. The third kappa shape index (κ3) is 1.44. The highest BCUT2D eigenvalue weighted by atomic mass is 15.2. The van der Waals surface area contributed by atoms with E-state index in [9.17, 15) is 10.5 Å². The molecule has 0 unspecified atom stereocenters. The van der Waals surface area contributed by atoms with Crippen molar-refractivity contribution < 1.29 is 0 Å². The van der Waals surface area contributed by atoms with Gasteiger partial charge in [-0.25, -0.2) is 9.97 Å². The number of aromatic nitrogens is 4. The standard InChI is InChI=1S/C16H7N7/c1-22-12-4-2-3-5-13(12)23-15-14(9(6-17)16(22)23)20-10(7-18)11(8-19)21-15/h2-5H,1H3. The van der Waals surface area contributed by atoms with Gasteiger partial charge in [-0.05, 0) is 12.1 Å². The van der Waals surface area contributed by atoms with Crippen LogP contribution in [0.3, 0.4) is 0 Å². The van der Waals surface area contributed by atoms with Crippen LogP contribution in [0.4, 0.5) is 0 Å². The molecule has 7 nitrogen and oxygen atoms in total. The third-order valence-electron chi connectivity index (χ3n) is 3.89. The molecule has 23 heavy (non-hydrogen) atoms. The minimum atomic E-state index is -0.0725. The van der Waals surface area contributed by atoms with Crippen LogP contribution in [0, 0.1) is 34.0 Å². The number of nitrogens with zero attached hydrogens (tertiary/aromatic N) is 7. The number of rotatable bonds is 0. The van der Waals surface area contributed by atoms with Crippen LogP contribution in [0.5, 0.6) is 0 Å². The molecule has 0 saturated carbocycles. The summed E-state index contributed by atoms with van der Waals surface area (Å²) in [6.45, 7) is 0. The summed E-state index contributed by atoms with van der Waals surface area (Å²) in [6, 6.07) is 13.5. The second-order valence-corrected chi connectivity index (χ2v) is 5.01. The summed E-state index contributed by atoms with van der Waals surface area (Å²) in [4.78, 5) is 8.47. The largest absolute Gasteiger partial charge is 0.328 e. The maximum Gasteiger partial charge on any atom is 0.179 e. The number of benzene rings is 1. The molecule has 0 aliphatic carbocycles. The lowest BCUT2D eigenvalue weighted by atomic mass is 10.2. The molecule has 0 radical (unpaired) electrons. The first-order valence-corrected chi connectivity index (χ1v) is 6.71. The fourth-order valence-corrected chi connectivity index (χ4v) is 2.92. The van der Waals surface area contributed by atoms with Gasteiger partial charge in [-0.15, -0.1) is 0 Å². The molecule has 0 aliphatic heterocycles. The summed E-state index contributed by atoms with van der Waals surface area (Å²) < 4.78 is 3.69. The summed E-state index contributed by atoms with van der Waals surface area (Å²) in [5, 5.41) is 27.9. The van der Waals surface area contributed by atoms with Gasteiger partial charge in [0.05, 0.1) is 11.0 Å². The highest BCUT2D eigenvalue weighted by molar-refractivity contribution is 5.97. The molecule has 1 aromatic carbocycles. The van der Waals surface area contributed by atoms with E-state index in [1.54, 1.807) is 4.40 Å². The molecule has 0 bridgehead atoms. The second kappa shape index (κ2) is 4.30. The SMILES string of the molecule is Cn1c2ccccc2n2c3nc(C#N)c(C#N)nc3c(C#N)c12. The van der Waals surface area contributed by atoms with Gasteiger partial charge in [-0.3, -0.25) is 4.40 Å². The molecule has 0 aliphatic rings. The maximum atomic E-state index is 9.57. The van der Waals surface area contributed by atoms with E-state index in [-0.39, 0.29) is 11.4 Å². The minimum Gasteiger partial charge on any atom is -0.328 e. The molecule has 4 aromatic rings. The van der Waals surface area contributed by atoms with Crippen molar-refractivity contribution >= 4 is 27.8 Å². The predicted octanol–water partition coefficient (Wildman–Crippen LogP) is 1.99. The van der Waals surface area contributed by atoms with Crippen LogP contribution in [0.2, 0.25) is 0 Å². The molecular formula is C16H7N7. The van der Waals surface area contributed by atoms with E-state index in [0.29, 0.717) is 22.4 Å². The zero-order valence-electron chi connectivity index (χ0n) is 11.9. The van der Waals surface area contributed by atoms with E-state index in [1.165, 1.54) is 0 Å². The van der Waals surface area contributed by atoms with Crippen LogP contribution >= 0.6 is 0 Å². The summed E-state index contributed by atoms with van der Waals surface area (Å²) in [7, 11) is 1.85. The Morgan fingerprint density at radius 2 is 1.57 bits per heavy atom. The Bertz CT molecular complexity index is 1250. The molecule has 7 heteroatoms. The summed E-state index contributed by atoms with van der Waals surface area (Å²) >= 11 is 0. The molecule has 3 heterocycles. The third-order valence-corrected chi connectivity index (χ3v) is 3.89. The first kappa shape index (κ1) is 12.8. The summed E-state index contributed by atoms with van der Waals surface area (Å²) in [5.41, 5.74) is 3.40. The second-order valence-electron chi connectivity index (χ2n) is 5.01. The first-order valence-electron chi connectivity index (χ1n) is 6.71. The lowest BCUT2D eigenvalue weighted by Gasteiger charge is -1.97. The van der Waals surface area contributed by atoms with Gasteiger partial charge in [0, 0.05) is 7.05 Å². The number of hydrogen-bond acceptors (Lipinski definition) is 5. The van der Waals surface area contributed by atoms with E-state index in [1.807, 2.05) is 48.0 Å². The average molecular weight is 297 g/mol. The van der Waals surface area contributed by atoms with Crippen molar-refractivity contribution in [3.8, 4) is 18.2 Å². The maximum absolute atomic E-state index is 9.57. The highest BCUT2D eigenvalue weighted by Crippen LogP contribution is 2.30. The zero-order chi connectivity index (χ0) is 16.1. The molecule has 0 saturated heterocycles. The Hall–Kier alpha value is -3.89. The van der Waals surface area contributed by atoms with Crippen LogP contribution in [0.25, 0.3) is 27.8 Å². The summed E-state index contributed by atoms with van der Waals surface area (Å²) in [6.07, 6.45) is 0. The highest BCUT2D eigenvalue weighted by Gasteiger charge is 2.22. The number of nitriles is 3. The van der Waals surface area contributed by atoms with Crippen molar-refractivity contribution in [2.45, 2.75) is 0 Å². The van der Waals surface area contributed by atoms with Gasteiger partial charge < -0.3 is 4.57 Å². The molecule has 0 spiro atoms. The minimum absolute atomic E-state index is 0.0446. The molecule has 0 fully saturated rings. The first-order chi connectivity index (χ1) is 11.2. The Balaban J connectivity index is 2.39. The normalized spacial score (nSPS) is 10.7. The van der Waals surface area contributed by atoms with Crippen molar-refractivity contribution in [3.05, 3.63) is 41.2 Å². The zero-order valence-corrected chi connectivity index (χ0v) is 11.9. The topological polar surface area (TPSA) is 106 Å². The van der Waals surface area contributed by atoms with Gasteiger partial charge in [0.2, 0.25) is 0 Å². The van der Waals surface area contributed by atoms with Crippen molar-refractivity contribution in [2.24, 2.45) is 7.05 Å². The Labute approximate surface area is 129 Å². The van der Waals surface area contributed by atoms with Crippen LogP contribution in [0.1, 0.15) is 17.0 Å². The van der Waals surface area contributed by atoms with Crippen LogP contribution in [0.15, 0.2) is 24.3 Å². The van der Waals surface area contributed by atoms with Gasteiger partial charge in [0.15, 0.2) is 17.0 Å². The van der Waals surface area contributed by atoms with E-state index in [4.69, 9.17) is 5.26 Å². The fourth-order valence-electron chi connectivity index (χ4n) is 2.92. The van der Waals surface area contributed by atoms with Gasteiger partial charge in [-0.2, -0.15) is 15.8 Å². The van der Waals surface area contributed by atoms with E-state index in [2.05, 4.69) is 16.0 Å². The van der Waals surface area contributed by atoms with Crippen molar-refractivity contribution in [3.63, 3.8) is 0 Å². The number of para-hydroxylation sites is 2. The predicted molar refractivity (Wildman–Crippen MR) is 81.1 cm³/mol. The lowest BCUT2D eigenvalue weighted by Crippen LogP contribution is -1.96. The molecule has 0 atom stereocenters. The average Bonchev–Trinajstić information content (AvgIpc) is 3.07. The van der Waals surface area contributed by atoms with Crippen LogP contribution in [-0.4, -0.2) is 18.9 Å². The smallest absolute Gasteiger partial charge is 0.179 e. The van der Waals surface area contributed by atoms with Gasteiger partial charge in [0.1, 0.15) is 34.9 Å². The summed E-state index contributed by atoms with van der Waals surface area (Å²) in [5.74, 6) is 0. The molecule has 4 rings (SSSR count). The quantitative estimate of drug-likeness (QED) is 0.493. The van der Waals surface area contributed by atoms with Crippen molar-refractivity contribution in [1.29, 1.82) is 15.8 Å². The number of hydrogen-bond donors (Lipinski definition) is 0.